The molecule has 25 heavy (non-hydrogen) atoms. The SMILES string of the molecule is CC.COc1ccc(NC(=O)[C@H](CC(=O)O)NC(=O)CNC=O)cc1. The van der Waals surface area contributed by atoms with Crippen molar-refractivity contribution >= 4 is 29.9 Å². The summed E-state index contributed by atoms with van der Waals surface area (Å²) in [6, 6.07) is 5.12. The number of methoxy groups -OCH3 is 1. The van der Waals surface area contributed by atoms with Gasteiger partial charge in [-0.05, 0) is 24.3 Å². The molecule has 1 aromatic rings. The molecular weight excluding hydrogens is 330 g/mol. The number of carbonyl (C=O) groups is 4. The van der Waals surface area contributed by atoms with Gasteiger partial charge in [-0.15, -0.1) is 0 Å². The van der Waals surface area contributed by atoms with Crippen LogP contribution in [0.4, 0.5) is 5.69 Å². The molecule has 0 spiro atoms. The van der Waals surface area contributed by atoms with Crippen LogP contribution in [0, 0.1) is 0 Å². The molecule has 9 nitrogen and oxygen atoms in total. The van der Waals surface area contributed by atoms with Crippen molar-refractivity contribution < 1.29 is 29.0 Å². The van der Waals surface area contributed by atoms with Crippen molar-refractivity contribution in [1.29, 1.82) is 0 Å². The minimum atomic E-state index is -1.27. The quantitative estimate of drug-likeness (QED) is 0.474. The molecule has 0 saturated heterocycles. The van der Waals surface area contributed by atoms with E-state index in [4.69, 9.17) is 9.84 Å². The summed E-state index contributed by atoms with van der Waals surface area (Å²) < 4.78 is 4.98. The van der Waals surface area contributed by atoms with Gasteiger partial charge in [0.1, 0.15) is 11.8 Å². The molecule has 0 fully saturated rings. The molecule has 1 aromatic carbocycles. The van der Waals surface area contributed by atoms with Crippen LogP contribution in [0.25, 0.3) is 0 Å². The maximum Gasteiger partial charge on any atom is 0.305 e. The summed E-state index contributed by atoms with van der Waals surface area (Å²) in [7, 11) is 1.50. The minimum Gasteiger partial charge on any atom is -0.497 e. The van der Waals surface area contributed by atoms with Crippen LogP contribution in [-0.4, -0.2) is 49.0 Å². The Balaban J connectivity index is 0.00000277. The Hall–Kier alpha value is -3.10. The van der Waals surface area contributed by atoms with Crippen LogP contribution in [0.5, 0.6) is 5.75 Å². The van der Waals surface area contributed by atoms with Gasteiger partial charge >= 0.3 is 5.97 Å². The van der Waals surface area contributed by atoms with Gasteiger partial charge in [0.15, 0.2) is 0 Å². The second-order valence-corrected chi connectivity index (χ2v) is 4.43. The highest BCUT2D eigenvalue weighted by Gasteiger charge is 2.23. The van der Waals surface area contributed by atoms with Crippen molar-refractivity contribution in [3.8, 4) is 5.75 Å². The van der Waals surface area contributed by atoms with Crippen molar-refractivity contribution in [2.45, 2.75) is 26.3 Å². The molecule has 9 heteroatoms. The molecular formula is C16H23N3O6. The lowest BCUT2D eigenvalue weighted by Crippen LogP contribution is -2.47. The Morgan fingerprint density at radius 3 is 2.28 bits per heavy atom. The summed E-state index contributed by atoms with van der Waals surface area (Å²) in [5.41, 5.74) is 0.423. The first kappa shape index (κ1) is 21.9. The number of nitrogens with one attached hydrogen (secondary N) is 3. The maximum atomic E-state index is 12.1. The third kappa shape index (κ3) is 8.94. The Kier molecular flexibility index (Phi) is 10.8. The summed E-state index contributed by atoms with van der Waals surface area (Å²) >= 11 is 0. The number of benzene rings is 1. The van der Waals surface area contributed by atoms with Crippen LogP contribution < -0.4 is 20.7 Å². The maximum absolute atomic E-state index is 12.1. The number of anilines is 1. The number of carboxylic acid groups (broad SMARTS) is 1. The summed E-state index contributed by atoms with van der Waals surface area (Å²) in [6.07, 6.45) is -0.266. The van der Waals surface area contributed by atoms with Crippen LogP contribution in [0.15, 0.2) is 24.3 Å². The summed E-state index contributed by atoms with van der Waals surface area (Å²) in [5, 5.41) is 15.7. The van der Waals surface area contributed by atoms with E-state index >= 15 is 0 Å². The first-order valence-corrected chi connectivity index (χ1v) is 7.59. The van der Waals surface area contributed by atoms with Gasteiger partial charge in [-0.1, -0.05) is 13.8 Å². The fourth-order valence-electron chi connectivity index (χ4n) is 1.67. The van der Waals surface area contributed by atoms with Gasteiger partial charge in [0.25, 0.3) is 0 Å². The third-order valence-corrected chi connectivity index (χ3v) is 2.73. The second-order valence-electron chi connectivity index (χ2n) is 4.43. The fourth-order valence-corrected chi connectivity index (χ4v) is 1.67. The molecule has 4 N–H and O–H groups in total. The van der Waals surface area contributed by atoms with Gasteiger partial charge in [0, 0.05) is 5.69 Å². The van der Waals surface area contributed by atoms with Gasteiger partial charge in [-0.2, -0.15) is 0 Å². The molecule has 0 aliphatic heterocycles. The second kappa shape index (κ2) is 12.3. The van der Waals surface area contributed by atoms with E-state index in [2.05, 4.69) is 16.0 Å². The predicted molar refractivity (Wildman–Crippen MR) is 91.2 cm³/mol. The zero-order valence-corrected chi connectivity index (χ0v) is 14.4. The topological polar surface area (TPSA) is 134 Å². The molecule has 0 aromatic heterocycles. The highest BCUT2D eigenvalue weighted by Crippen LogP contribution is 2.15. The standard InChI is InChI=1S/C14H17N3O6.C2H6/c1-23-10-4-2-9(3-5-10)16-14(22)11(6-13(20)21)17-12(19)7-15-8-18;1-2/h2-5,8,11H,6-7H2,1H3,(H,15,18)(H,16,22)(H,17,19)(H,20,21);1-2H3/t11-;/m0./s1. The fraction of sp³-hybridized carbons (Fsp3) is 0.375. The number of hydrogen-bond donors (Lipinski definition) is 4. The van der Waals surface area contributed by atoms with E-state index in [1.165, 1.54) is 7.11 Å². The summed E-state index contributed by atoms with van der Waals surface area (Å²) in [6.45, 7) is 3.65. The van der Waals surface area contributed by atoms with E-state index in [0.29, 0.717) is 17.8 Å². The first-order valence-electron chi connectivity index (χ1n) is 7.59. The Morgan fingerprint density at radius 2 is 1.80 bits per heavy atom. The van der Waals surface area contributed by atoms with Crippen molar-refractivity contribution in [3.05, 3.63) is 24.3 Å². The van der Waals surface area contributed by atoms with E-state index < -0.39 is 30.2 Å². The highest BCUT2D eigenvalue weighted by atomic mass is 16.5. The van der Waals surface area contributed by atoms with E-state index in [1.54, 1.807) is 24.3 Å². The largest absolute Gasteiger partial charge is 0.497 e. The van der Waals surface area contributed by atoms with Gasteiger partial charge in [0.2, 0.25) is 18.2 Å². The molecule has 1 atom stereocenters. The van der Waals surface area contributed by atoms with E-state index in [9.17, 15) is 19.2 Å². The molecule has 0 aliphatic rings. The average Bonchev–Trinajstić information content (AvgIpc) is 2.61. The lowest BCUT2D eigenvalue weighted by Gasteiger charge is -2.17. The molecule has 138 valence electrons. The highest BCUT2D eigenvalue weighted by molar-refractivity contribution is 5.99. The van der Waals surface area contributed by atoms with Crippen LogP contribution in [-0.2, 0) is 19.2 Å². The number of hydrogen-bond acceptors (Lipinski definition) is 5. The number of amides is 3. The van der Waals surface area contributed by atoms with Gasteiger partial charge < -0.3 is 25.8 Å². The van der Waals surface area contributed by atoms with E-state index in [-0.39, 0.29) is 6.54 Å². The molecule has 3 amide bonds. The van der Waals surface area contributed by atoms with Gasteiger partial charge in [-0.3, -0.25) is 19.2 Å². The molecule has 0 unspecified atom stereocenters. The van der Waals surface area contributed by atoms with Gasteiger partial charge in [0.05, 0.1) is 20.1 Å². The van der Waals surface area contributed by atoms with Crippen molar-refractivity contribution in [2.75, 3.05) is 19.0 Å². The summed E-state index contributed by atoms with van der Waals surface area (Å²) in [4.78, 5) is 44.6. The van der Waals surface area contributed by atoms with Crippen LogP contribution in [0.1, 0.15) is 20.3 Å². The Morgan fingerprint density at radius 1 is 1.20 bits per heavy atom. The third-order valence-electron chi connectivity index (χ3n) is 2.73. The molecule has 0 heterocycles. The summed E-state index contributed by atoms with van der Waals surface area (Å²) in [5.74, 6) is -2.01. The zero-order valence-electron chi connectivity index (χ0n) is 14.4. The molecule has 1 rings (SSSR count). The number of carbonyl (C=O) groups excluding carboxylic acids is 3. The van der Waals surface area contributed by atoms with Crippen LogP contribution in [0.2, 0.25) is 0 Å². The van der Waals surface area contributed by atoms with Gasteiger partial charge in [-0.25, -0.2) is 0 Å². The molecule has 0 radical (unpaired) electrons. The number of carboxylic acids is 1. The number of ether oxygens (including phenoxy) is 1. The Labute approximate surface area is 145 Å². The lowest BCUT2D eigenvalue weighted by atomic mass is 10.1. The molecule has 0 saturated carbocycles. The monoisotopic (exact) mass is 353 g/mol. The normalized spacial score (nSPS) is 10.4. The van der Waals surface area contributed by atoms with Crippen LogP contribution >= 0.6 is 0 Å². The zero-order chi connectivity index (χ0) is 19.2. The van der Waals surface area contributed by atoms with Crippen molar-refractivity contribution in [2.24, 2.45) is 0 Å². The Bertz CT molecular complexity index is 574. The number of aliphatic carboxylic acids is 1. The molecule has 0 aliphatic carbocycles. The van der Waals surface area contributed by atoms with Crippen LogP contribution in [0.3, 0.4) is 0 Å². The number of rotatable bonds is 9. The van der Waals surface area contributed by atoms with E-state index in [0.717, 1.165) is 0 Å². The first-order chi connectivity index (χ1) is 12.0. The van der Waals surface area contributed by atoms with Crippen molar-refractivity contribution in [1.82, 2.24) is 10.6 Å². The smallest absolute Gasteiger partial charge is 0.305 e. The van der Waals surface area contributed by atoms with Crippen molar-refractivity contribution in [3.63, 3.8) is 0 Å². The van der Waals surface area contributed by atoms with E-state index in [1.807, 2.05) is 13.8 Å². The lowest BCUT2D eigenvalue weighted by molar-refractivity contribution is -0.139. The predicted octanol–water partition coefficient (Wildman–Crippen LogP) is 0.365. The average molecular weight is 353 g/mol. The minimum absolute atomic E-state index is 0.323. The molecule has 0 bridgehead atoms.